The monoisotopic (exact) mass is 330 g/mol. The first-order chi connectivity index (χ1) is 9.79. The summed E-state index contributed by atoms with van der Waals surface area (Å²) < 4.78 is 29.9. The Kier molecular flexibility index (Phi) is 4.50. The van der Waals surface area contributed by atoms with Gasteiger partial charge in [-0.3, -0.25) is 4.57 Å². The average molecular weight is 331 g/mol. The predicted octanol–water partition coefficient (Wildman–Crippen LogP) is 1.74. The molecule has 2 rings (SSSR count). The third-order valence-electron chi connectivity index (χ3n) is 2.67. The molecule has 0 radical (unpaired) electrons. The molecule has 0 saturated carbocycles. The maximum atomic E-state index is 11.5. The smallest absolute Gasteiger partial charge is 0.273 e. The number of hydrogen-bond acceptors (Lipinski definition) is 5. The van der Waals surface area contributed by atoms with E-state index in [9.17, 15) is 8.42 Å². The van der Waals surface area contributed by atoms with Gasteiger partial charge in [-0.25, -0.2) is 13.6 Å². The van der Waals surface area contributed by atoms with Crippen LogP contribution in [-0.2, 0) is 16.6 Å². The molecule has 0 unspecified atom stereocenters. The molecule has 0 amide bonds. The summed E-state index contributed by atoms with van der Waals surface area (Å²) in [6.45, 7) is 3.67. The van der Waals surface area contributed by atoms with Crippen molar-refractivity contribution in [2.75, 3.05) is 0 Å². The van der Waals surface area contributed by atoms with E-state index < -0.39 is 10.0 Å². The lowest BCUT2D eigenvalue weighted by atomic mass is 10.3. The van der Waals surface area contributed by atoms with E-state index in [1.807, 2.05) is 0 Å². The fraction of sp³-hybridized carbons (Fsp3) is 0.333. The molecule has 114 valence electrons. The lowest BCUT2D eigenvalue weighted by Gasteiger charge is -2.13. The van der Waals surface area contributed by atoms with Crippen molar-refractivity contribution in [3.63, 3.8) is 0 Å². The summed E-state index contributed by atoms with van der Waals surface area (Å²) in [4.78, 5) is 0. The van der Waals surface area contributed by atoms with Crippen LogP contribution in [0.1, 0.15) is 25.7 Å². The van der Waals surface area contributed by atoms with Gasteiger partial charge in [0, 0.05) is 11.1 Å². The van der Waals surface area contributed by atoms with Crippen LogP contribution in [0.5, 0.6) is 5.75 Å². The molecule has 0 saturated heterocycles. The van der Waals surface area contributed by atoms with Crippen molar-refractivity contribution in [2.24, 2.45) is 5.14 Å². The van der Waals surface area contributed by atoms with Crippen LogP contribution in [0, 0.1) is 0 Å². The molecule has 0 bridgehead atoms. The van der Waals surface area contributed by atoms with Crippen molar-refractivity contribution in [1.29, 1.82) is 0 Å². The first-order valence-electron chi connectivity index (χ1n) is 6.14. The standard InChI is InChI=1S/C12H15ClN4O3S/c1-8(2)17-11(15-16-12(17)21(14,18)19)7-20-10-5-3-4-9(13)6-10/h3-6,8H,7H2,1-2H3,(H2,14,18,19). The predicted molar refractivity (Wildman–Crippen MR) is 77.6 cm³/mol. The maximum absolute atomic E-state index is 11.5. The summed E-state index contributed by atoms with van der Waals surface area (Å²) in [5.41, 5.74) is 0. The van der Waals surface area contributed by atoms with E-state index in [0.29, 0.717) is 16.6 Å². The van der Waals surface area contributed by atoms with Gasteiger partial charge in [0.15, 0.2) is 5.82 Å². The molecule has 0 atom stereocenters. The molecule has 1 heterocycles. The van der Waals surface area contributed by atoms with E-state index >= 15 is 0 Å². The molecule has 0 aliphatic rings. The van der Waals surface area contributed by atoms with Gasteiger partial charge in [0.05, 0.1) is 0 Å². The molecule has 1 aromatic heterocycles. The van der Waals surface area contributed by atoms with Crippen LogP contribution in [0.25, 0.3) is 0 Å². The molecule has 21 heavy (non-hydrogen) atoms. The number of aromatic nitrogens is 3. The highest BCUT2D eigenvalue weighted by Crippen LogP contribution is 2.20. The second-order valence-electron chi connectivity index (χ2n) is 4.65. The average Bonchev–Trinajstić information content (AvgIpc) is 2.80. The highest BCUT2D eigenvalue weighted by Gasteiger charge is 2.23. The Labute approximate surface area is 127 Å². The minimum atomic E-state index is -3.93. The molecule has 0 spiro atoms. The van der Waals surface area contributed by atoms with Gasteiger partial charge in [-0.15, -0.1) is 10.2 Å². The van der Waals surface area contributed by atoms with Crippen LogP contribution >= 0.6 is 11.6 Å². The van der Waals surface area contributed by atoms with E-state index in [1.54, 1.807) is 38.1 Å². The van der Waals surface area contributed by atoms with Crippen molar-refractivity contribution < 1.29 is 13.2 Å². The second-order valence-corrected chi connectivity index (χ2v) is 6.55. The summed E-state index contributed by atoms with van der Waals surface area (Å²) >= 11 is 5.86. The van der Waals surface area contributed by atoms with Gasteiger partial charge in [0.2, 0.25) is 0 Å². The maximum Gasteiger partial charge on any atom is 0.273 e. The number of nitrogens with zero attached hydrogens (tertiary/aromatic N) is 3. The van der Waals surface area contributed by atoms with E-state index in [-0.39, 0.29) is 17.8 Å². The molecular weight excluding hydrogens is 316 g/mol. The molecule has 9 heteroatoms. The summed E-state index contributed by atoms with van der Waals surface area (Å²) in [5, 5.41) is 12.9. The molecule has 0 aliphatic carbocycles. The minimum absolute atomic E-state index is 0.0566. The topological polar surface area (TPSA) is 100 Å². The number of ether oxygens (including phenoxy) is 1. The van der Waals surface area contributed by atoms with Gasteiger partial charge in [0.1, 0.15) is 12.4 Å². The van der Waals surface area contributed by atoms with Crippen molar-refractivity contribution in [2.45, 2.75) is 31.7 Å². The SMILES string of the molecule is CC(C)n1c(COc2cccc(Cl)c2)nnc1S(N)(=O)=O. The molecule has 2 N–H and O–H groups in total. The van der Waals surface area contributed by atoms with Gasteiger partial charge in [0.25, 0.3) is 15.2 Å². The fourth-order valence-corrected chi connectivity index (χ4v) is 2.75. The Morgan fingerprint density at radius 1 is 1.38 bits per heavy atom. The summed E-state index contributed by atoms with van der Waals surface area (Å²) in [7, 11) is -3.93. The van der Waals surface area contributed by atoms with E-state index in [2.05, 4.69) is 10.2 Å². The largest absolute Gasteiger partial charge is 0.486 e. The number of sulfonamides is 1. The van der Waals surface area contributed by atoms with E-state index in [4.69, 9.17) is 21.5 Å². The van der Waals surface area contributed by atoms with Crippen molar-refractivity contribution in [3.05, 3.63) is 35.1 Å². The van der Waals surface area contributed by atoms with Crippen molar-refractivity contribution in [3.8, 4) is 5.75 Å². The molecule has 7 nitrogen and oxygen atoms in total. The minimum Gasteiger partial charge on any atom is -0.486 e. The van der Waals surface area contributed by atoms with Crippen LogP contribution in [-0.4, -0.2) is 23.2 Å². The van der Waals surface area contributed by atoms with Gasteiger partial charge in [-0.05, 0) is 32.0 Å². The number of nitrogens with two attached hydrogens (primary N) is 1. The Morgan fingerprint density at radius 2 is 2.10 bits per heavy atom. The highest BCUT2D eigenvalue weighted by molar-refractivity contribution is 7.89. The Balaban J connectivity index is 2.27. The van der Waals surface area contributed by atoms with Crippen LogP contribution in [0.15, 0.2) is 29.4 Å². The van der Waals surface area contributed by atoms with Gasteiger partial charge in [-0.2, -0.15) is 0 Å². The molecule has 2 aromatic rings. The van der Waals surface area contributed by atoms with Crippen LogP contribution < -0.4 is 9.88 Å². The first kappa shape index (κ1) is 15.7. The van der Waals surface area contributed by atoms with Crippen LogP contribution in [0.2, 0.25) is 5.02 Å². The van der Waals surface area contributed by atoms with E-state index in [1.165, 1.54) is 4.57 Å². The zero-order chi connectivity index (χ0) is 15.6. The van der Waals surface area contributed by atoms with Crippen molar-refractivity contribution >= 4 is 21.6 Å². The molecule has 0 fully saturated rings. The molecular formula is C12H15ClN4O3S. The quantitative estimate of drug-likeness (QED) is 0.900. The molecule has 0 aliphatic heterocycles. The van der Waals surface area contributed by atoms with Gasteiger partial charge < -0.3 is 4.74 Å². The Bertz CT molecular complexity index is 743. The fourth-order valence-electron chi connectivity index (χ4n) is 1.82. The lowest BCUT2D eigenvalue weighted by molar-refractivity contribution is 0.284. The zero-order valence-corrected chi connectivity index (χ0v) is 13.1. The highest BCUT2D eigenvalue weighted by atomic mass is 35.5. The Morgan fingerprint density at radius 3 is 2.67 bits per heavy atom. The third-order valence-corrected chi connectivity index (χ3v) is 3.69. The number of halogens is 1. The first-order valence-corrected chi connectivity index (χ1v) is 8.06. The lowest BCUT2D eigenvalue weighted by Crippen LogP contribution is -2.21. The Hall–Kier alpha value is -1.64. The second kappa shape index (κ2) is 6.00. The third kappa shape index (κ3) is 3.72. The van der Waals surface area contributed by atoms with Gasteiger partial charge in [-0.1, -0.05) is 17.7 Å². The summed E-state index contributed by atoms with van der Waals surface area (Å²) in [6, 6.07) is 6.69. The number of hydrogen-bond donors (Lipinski definition) is 1. The summed E-state index contributed by atoms with van der Waals surface area (Å²) in [6.07, 6.45) is 0. The van der Waals surface area contributed by atoms with E-state index in [0.717, 1.165) is 0 Å². The number of rotatable bonds is 5. The zero-order valence-electron chi connectivity index (χ0n) is 11.5. The summed E-state index contributed by atoms with van der Waals surface area (Å²) in [5.74, 6) is 0.923. The van der Waals surface area contributed by atoms with Crippen molar-refractivity contribution in [1.82, 2.24) is 14.8 Å². The number of primary sulfonamides is 1. The molecule has 1 aromatic carbocycles. The van der Waals surface area contributed by atoms with Crippen LogP contribution in [0.3, 0.4) is 0 Å². The number of benzene rings is 1. The normalized spacial score (nSPS) is 11.9. The van der Waals surface area contributed by atoms with Crippen LogP contribution in [0.4, 0.5) is 0 Å². The van der Waals surface area contributed by atoms with Gasteiger partial charge >= 0.3 is 0 Å².